The molecule has 1 aliphatic heterocycles. The molecule has 1 aromatic heterocycles. The largest absolute Gasteiger partial charge is 0.468 e. The molecule has 0 radical (unpaired) electrons. The van der Waals surface area contributed by atoms with Crippen molar-refractivity contribution in [1.29, 1.82) is 0 Å². The van der Waals surface area contributed by atoms with Gasteiger partial charge in [0.15, 0.2) is 0 Å². The van der Waals surface area contributed by atoms with E-state index >= 15 is 0 Å². The highest BCUT2D eigenvalue weighted by molar-refractivity contribution is 5.78. The number of aromatic nitrogens is 2. The number of fused-ring (bicyclic) bond motifs is 1. The van der Waals surface area contributed by atoms with E-state index < -0.39 is 0 Å². The van der Waals surface area contributed by atoms with E-state index in [2.05, 4.69) is 35.9 Å². The Kier molecular flexibility index (Phi) is 5.65. The highest BCUT2D eigenvalue weighted by Gasteiger charge is 2.42. The number of ether oxygens (including phenoxy) is 3. The predicted octanol–water partition coefficient (Wildman–Crippen LogP) is 4.00. The van der Waals surface area contributed by atoms with Crippen LogP contribution in [0.2, 0.25) is 0 Å². The van der Waals surface area contributed by atoms with Gasteiger partial charge in [0.25, 0.3) is 11.6 Å². The molecule has 4 rings (SSSR count). The van der Waals surface area contributed by atoms with Crippen LogP contribution in [0.15, 0.2) is 53.3 Å². The lowest BCUT2D eigenvalue weighted by Crippen LogP contribution is -2.25. The SMILES string of the molecule is CC[C@H]1O[C@@H](c2ccc3c(=O)[nH]c(OC)nc3c2)[C@H](OCc2ccccc2)[C@@H]1C. The molecule has 2 heterocycles. The summed E-state index contributed by atoms with van der Waals surface area (Å²) in [5.41, 5.74) is 2.46. The van der Waals surface area contributed by atoms with Gasteiger partial charge in [-0.25, -0.2) is 0 Å². The predicted molar refractivity (Wildman–Crippen MR) is 111 cm³/mol. The number of hydrogen-bond acceptors (Lipinski definition) is 5. The minimum absolute atomic E-state index is 0.0819. The van der Waals surface area contributed by atoms with E-state index in [1.165, 1.54) is 7.11 Å². The van der Waals surface area contributed by atoms with E-state index in [-0.39, 0.29) is 35.8 Å². The first kappa shape index (κ1) is 19.6. The Bertz CT molecular complexity index is 1030. The summed E-state index contributed by atoms with van der Waals surface area (Å²) >= 11 is 0. The van der Waals surface area contributed by atoms with Crippen LogP contribution < -0.4 is 10.3 Å². The van der Waals surface area contributed by atoms with Crippen molar-refractivity contribution in [2.75, 3.05) is 7.11 Å². The first-order valence-corrected chi connectivity index (χ1v) is 9.99. The zero-order valence-electron chi connectivity index (χ0n) is 16.9. The van der Waals surface area contributed by atoms with Crippen molar-refractivity contribution in [3.05, 3.63) is 70.0 Å². The summed E-state index contributed by atoms with van der Waals surface area (Å²) in [5, 5.41) is 0.523. The van der Waals surface area contributed by atoms with Crippen molar-refractivity contribution in [2.24, 2.45) is 5.92 Å². The second-order valence-electron chi connectivity index (χ2n) is 7.48. The van der Waals surface area contributed by atoms with E-state index in [4.69, 9.17) is 14.2 Å². The van der Waals surface area contributed by atoms with E-state index in [0.29, 0.717) is 17.5 Å². The highest BCUT2D eigenvalue weighted by atomic mass is 16.6. The Hall–Kier alpha value is -2.70. The minimum atomic E-state index is -0.220. The number of nitrogens with one attached hydrogen (secondary N) is 1. The smallest absolute Gasteiger partial charge is 0.296 e. The Morgan fingerprint density at radius 2 is 1.97 bits per heavy atom. The third-order valence-electron chi connectivity index (χ3n) is 5.64. The maximum Gasteiger partial charge on any atom is 0.296 e. The summed E-state index contributed by atoms with van der Waals surface area (Å²) in [5.74, 6) is 0.256. The molecule has 0 aliphatic carbocycles. The van der Waals surface area contributed by atoms with Crippen LogP contribution in [0.3, 0.4) is 0 Å². The summed E-state index contributed by atoms with van der Waals surface area (Å²) < 4.78 is 17.8. The molecule has 4 atom stereocenters. The van der Waals surface area contributed by atoms with E-state index in [1.54, 1.807) is 6.07 Å². The van der Waals surface area contributed by atoms with Gasteiger partial charge in [0.05, 0.1) is 36.8 Å². The van der Waals surface area contributed by atoms with Crippen LogP contribution in [0, 0.1) is 5.92 Å². The molecule has 152 valence electrons. The molecule has 1 aliphatic rings. The molecule has 1 N–H and O–H groups in total. The molecule has 0 spiro atoms. The molecular weight excluding hydrogens is 368 g/mol. The van der Waals surface area contributed by atoms with Gasteiger partial charge in [-0.1, -0.05) is 50.2 Å². The molecule has 1 saturated heterocycles. The average molecular weight is 394 g/mol. The zero-order valence-corrected chi connectivity index (χ0v) is 16.9. The van der Waals surface area contributed by atoms with Gasteiger partial charge in [0, 0.05) is 5.92 Å². The van der Waals surface area contributed by atoms with Crippen LogP contribution >= 0.6 is 0 Å². The van der Waals surface area contributed by atoms with Gasteiger partial charge in [-0.2, -0.15) is 4.98 Å². The number of nitrogens with zero attached hydrogens (tertiary/aromatic N) is 1. The van der Waals surface area contributed by atoms with Gasteiger partial charge in [-0.15, -0.1) is 0 Å². The molecule has 6 nitrogen and oxygen atoms in total. The fraction of sp³-hybridized carbons (Fsp3) is 0.391. The third-order valence-corrected chi connectivity index (χ3v) is 5.64. The topological polar surface area (TPSA) is 73.4 Å². The van der Waals surface area contributed by atoms with Crippen LogP contribution in [0.1, 0.15) is 37.5 Å². The molecule has 0 unspecified atom stereocenters. The third kappa shape index (κ3) is 3.91. The Morgan fingerprint density at radius 3 is 2.69 bits per heavy atom. The Labute approximate surface area is 169 Å². The summed E-state index contributed by atoms with van der Waals surface area (Å²) in [7, 11) is 1.48. The molecular formula is C23H26N2O4. The standard InChI is InChI=1S/C23H26N2O4/c1-4-19-14(2)20(28-13-15-8-6-5-7-9-15)21(29-19)16-10-11-17-18(12-16)24-23(27-3)25-22(17)26/h5-12,14,19-21H,4,13H2,1-3H3,(H,24,25,26)/t14-,19-,20-,21+/m1/s1. The van der Waals surface area contributed by atoms with E-state index in [9.17, 15) is 4.79 Å². The van der Waals surface area contributed by atoms with Crippen LogP contribution in [-0.2, 0) is 16.1 Å². The lowest BCUT2D eigenvalue weighted by Gasteiger charge is -2.22. The molecule has 0 amide bonds. The second kappa shape index (κ2) is 8.35. The van der Waals surface area contributed by atoms with Crippen molar-refractivity contribution in [3.8, 4) is 6.01 Å². The van der Waals surface area contributed by atoms with Crippen molar-refractivity contribution >= 4 is 10.9 Å². The van der Waals surface area contributed by atoms with Crippen molar-refractivity contribution < 1.29 is 14.2 Å². The molecule has 2 aromatic carbocycles. The van der Waals surface area contributed by atoms with Gasteiger partial charge in [0.2, 0.25) is 0 Å². The summed E-state index contributed by atoms with van der Waals surface area (Å²) in [4.78, 5) is 19.2. The molecule has 6 heteroatoms. The summed E-state index contributed by atoms with van der Waals surface area (Å²) in [6, 6.07) is 16.0. The second-order valence-corrected chi connectivity index (χ2v) is 7.48. The molecule has 29 heavy (non-hydrogen) atoms. The molecule has 1 fully saturated rings. The first-order valence-electron chi connectivity index (χ1n) is 9.99. The molecule has 3 aromatic rings. The number of rotatable bonds is 6. The van der Waals surface area contributed by atoms with Crippen molar-refractivity contribution in [2.45, 2.75) is 45.2 Å². The van der Waals surface area contributed by atoms with Gasteiger partial charge in [0.1, 0.15) is 6.10 Å². The zero-order chi connectivity index (χ0) is 20.4. The fourth-order valence-electron chi connectivity index (χ4n) is 4.03. The van der Waals surface area contributed by atoms with Crippen molar-refractivity contribution in [1.82, 2.24) is 9.97 Å². The van der Waals surface area contributed by atoms with Gasteiger partial charge in [-0.3, -0.25) is 9.78 Å². The summed E-state index contributed by atoms with van der Waals surface area (Å²) in [6.07, 6.45) is 0.747. The van der Waals surface area contributed by atoms with Gasteiger partial charge in [-0.05, 0) is 29.7 Å². The molecule has 0 bridgehead atoms. The maximum atomic E-state index is 12.2. The van der Waals surface area contributed by atoms with E-state index in [0.717, 1.165) is 17.5 Å². The lowest BCUT2D eigenvalue weighted by molar-refractivity contribution is -0.0336. The fourth-order valence-corrected chi connectivity index (χ4v) is 4.03. The first-order chi connectivity index (χ1) is 14.1. The highest BCUT2D eigenvalue weighted by Crippen LogP contribution is 2.41. The number of methoxy groups -OCH3 is 1. The van der Waals surface area contributed by atoms with Crippen LogP contribution in [0.5, 0.6) is 6.01 Å². The number of aromatic amines is 1. The Morgan fingerprint density at radius 1 is 1.17 bits per heavy atom. The number of H-pyrrole nitrogens is 1. The van der Waals surface area contributed by atoms with Crippen LogP contribution in [0.4, 0.5) is 0 Å². The van der Waals surface area contributed by atoms with Crippen LogP contribution in [-0.4, -0.2) is 29.3 Å². The van der Waals surface area contributed by atoms with E-state index in [1.807, 2.05) is 30.3 Å². The lowest BCUT2D eigenvalue weighted by atomic mass is 9.93. The van der Waals surface area contributed by atoms with Gasteiger partial charge < -0.3 is 14.2 Å². The number of benzene rings is 2. The number of hydrogen-bond donors (Lipinski definition) is 1. The quantitative estimate of drug-likeness (QED) is 0.684. The van der Waals surface area contributed by atoms with Crippen LogP contribution in [0.25, 0.3) is 10.9 Å². The van der Waals surface area contributed by atoms with Crippen molar-refractivity contribution in [3.63, 3.8) is 0 Å². The monoisotopic (exact) mass is 394 g/mol. The Balaban J connectivity index is 1.65. The summed E-state index contributed by atoms with van der Waals surface area (Å²) in [6.45, 7) is 4.84. The maximum absolute atomic E-state index is 12.2. The average Bonchev–Trinajstić information content (AvgIpc) is 3.07. The van der Waals surface area contributed by atoms with Gasteiger partial charge >= 0.3 is 0 Å². The minimum Gasteiger partial charge on any atom is -0.468 e. The molecule has 0 saturated carbocycles. The normalized spacial score (nSPS) is 24.1.